The van der Waals surface area contributed by atoms with Crippen LogP contribution in [0, 0.1) is 0 Å². The molecule has 7 heteroatoms. The number of benzene rings is 1. The average molecular weight is 338 g/mol. The van der Waals surface area contributed by atoms with E-state index in [-0.39, 0.29) is 19.1 Å². The molecule has 20 heavy (non-hydrogen) atoms. The number of hydrogen-bond acceptors (Lipinski definition) is 4. The molecule has 0 saturated heterocycles. The summed E-state index contributed by atoms with van der Waals surface area (Å²) in [7, 11) is 0. The molecule has 1 rings (SSSR count). The Morgan fingerprint density at radius 2 is 2.20 bits per heavy atom. The second-order valence-corrected chi connectivity index (χ2v) is 6.28. The van der Waals surface area contributed by atoms with E-state index in [1.807, 2.05) is 6.26 Å². The molecule has 0 aliphatic carbocycles. The lowest BCUT2D eigenvalue weighted by molar-refractivity contribution is -0.124. The Bertz CT molecular complexity index is 469. The van der Waals surface area contributed by atoms with E-state index in [1.165, 1.54) is 11.8 Å². The van der Waals surface area contributed by atoms with Crippen LogP contribution < -0.4 is 10.1 Å². The van der Waals surface area contributed by atoms with Gasteiger partial charge in [-0.25, -0.2) is 0 Å². The molecule has 0 aromatic heterocycles. The molecule has 0 saturated carbocycles. The highest BCUT2D eigenvalue weighted by Crippen LogP contribution is 2.27. The largest absolute Gasteiger partial charge is 0.482 e. The first-order valence-corrected chi connectivity index (χ1v) is 8.05. The monoisotopic (exact) mass is 337 g/mol. The van der Waals surface area contributed by atoms with Gasteiger partial charge in [-0.15, -0.1) is 0 Å². The van der Waals surface area contributed by atoms with Crippen molar-refractivity contribution in [3.05, 3.63) is 28.2 Å². The Balaban J connectivity index is 2.40. The molecule has 0 fully saturated rings. The normalized spacial score (nSPS) is 13.7. The standard InChI is InChI=1S/C13H17Cl2NO3S/c1-13(18,8-20-2)7-16-12(17)6-19-11-4-3-9(14)5-10(11)15/h3-5,18H,6-8H2,1-2H3,(H,16,17)/t13-/m0/s1. The quantitative estimate of drug-likeness (QED) is 0.802. The van der Waals surface area contributed by atoms with Crippen LogP contribution in [0.15, 0.2) is 18.2 Å². The Hall–Kier alpha value is -0.620. The van der Waals surface area contributed by atoms with Gasteiger partial charge in [0.15, 0.2) is 6.61 Å². The van der Waals surface area contributed by atoms with Gasteiger partial charge in [0.2, 0.25) is 0 Å². The molecular formula is C13H17Cl2NO3S. The number of carbonyl (C=O) groups excluding carboxylic acids is 1. The van der Waals surface area contributed by atoms with Crippen LogP contribution in [-0.4, -0.2) is 41.8 Å². The summed E-state index contributed by atoms with van der Waals surface area (Å²) in [4.78, 5) is 11.6. The van der Waals surface area contributed by atoms with Gasteiger partial charge in [0, 0.05) is 17.3 Å². The molecule has 0 aliphatic heterocycles. The smallest absolute Gasteiger partial charge is 0.258 e. The highest BCUT2D eigenvalue weighted by Gasteiger charge is 2.20. The highest BCUT2D eigenvalue weighted by molar-refractivity contribution is 7.98. The van der Waals surface area contributed by atoms with Crippen molar-refractivity contribution in [1.29, 1.82) is 0 Å². The summed E-state index contributed by atoms with van der Waals surface area (Å²) < 4.78 is 5.29. The molecule has 0 aliphatic rings. The third-order valence-corrected chi connectivity index (χ3v) is 3.82. The van der Waals surface area contributed by atoms with Crippen molar-refractivity contribution in [1.82, 2.24) is 5.32 Å². The van der Waals surface area contributed by atoms with E-state index in [9.17, 15) is 9.90 Å². The van der Waals surface area contributed by atoms with Crippen LogP contribution in [0.3, 0.4) is 0 Å². The van der Waals surface area contributed by atoms with E-state index < -0.39 is 5.60 Å². The Morgan fingerprint density at radius 1 is 1.50 bits per heavy atom. The number of ether oxygens (including phenoxy) is 1. The second-order valence-electron chi connectivity index (χ2n) is 4.57. The first kappa shape index (κ1) is 17.4. The van der Waals surface area contributed by atoms with Crippen LogP contribution in [0.4, 0.5) is 0 Å². The minimum absolute atomic E-state index is 0.170. The van der Waals surface area contributed by atoms with Crippen LogP contribution in [0.25, 0.3) is 0 Å². The summed E-state index contributed by atoms with van der Waals surface area (Å²) in [5.41, 5.74) is -0.938. The molecule has 1 amide bonds. The first-order valence-electron chi connectivity index (χ1n) is 5.90. The fourth-order valence-corrected chi connectivity index (χ4v) is 2.62. The number of amides is 1. The van der Waals surface area contributed by atoms with Crippen LogP contribution in [0.1, 0.15) is 6.92 Å². The molecule has 0 radical (unpaired) electrons. The molecule has 1 aromatic carbocycles. The predicted octanol–water partition coefficient (Wildman–Crippen LogP) is 2.60. The summed E-state index contributed by atoms with van der Waals surface area (Å²) in [5, 5.41) is 13.4. The summed E-state index contributed by atoms with van der Waals surface area (Å²) in [6, 6.07) is 4.77. The lowest BCUT2D eigenvalue weighted by Crippen LogP contribution is -2.43. The number of nitrogens with one attached hydrogen (secondary N) is 1. The van der Waals surface area contributed by atoms with Gasteiger partial charge in [0.25, 0.3) is 5.91 Å². The average Bonchev–Trinajstić information content (AvgIpc) is 2.35. The van der Waals surface area contributed by atoms with E-state index in [2.05, 4.69) is 5.32 Å². The third-order valence-electron chi connectivity index (χ3n) is 2.37. The van der Waals surface area contributed by atoms with Crippen LogP contribution >= 0.6 is 35.0 Å². The van der Waals surface area contributed by atoms with E-state index in [0.29, 0.717) is 21.5 Å². The zero-order chi connectivity index (χ0) is 15.2. The molecule has 0 unspecified atom stereocenters. The molecule has 1 aromatic rings. The van der Waals surface area contributed by atoms with Gasteiger partial charge in [0.1, 0.15) is 5.75 Å². The fraction of sp³-hybridized carbons (Fsp3) is 0.462. The van der Waals surface area contributed by atoms with Crippen LogP contribution in [0.2, 0.25) is 10.0 Å². The Labute approximate surface area is 132 Å². The number of aliphatic hydroxyl groups is 1. The second kappa shape index (κ2) is 7.98. The number of hydrogen-bond donors (Lipinski definition) is 2. The van der Waals surface area contributed by atoms with Crippen molar-refractivity contribution in [2.24, 2.45) is 0 Å². The van der Waals surface area contributed by atoms with Crippen LogP contribution in [0.5, 0.6) is 5.75 Å². The van der Waals surface area contributed by atoms with E-state index >= 15 is 0 Å². The molecule has 1 atom stereocenters. The maximum atomic E-state index is 11.6. The van der Waals surface area contributed by atoms with Gasteiger partial charge in [0.05, 0.1) is 10.6 Å². The SMILES string of the molecule is CSC[C@@](C)(O)CNC(=O)COc1ccc(Cl)cc1Cl. The van der Waals surface area contributed by atoms with E-state index in [4.69, 9.17) is 27.9 Å². The molecule has 4 nitrogen and oxygen atoms in total. The maximum absolute atomic E-state index is 11.6. The summed E-state index contributed by atoms with van der Waals surface area (Å²) in [6.45, 7) is 1.67. The summed E-state index contributed by atoms with van der Waals surface area (Å²) in [6.07, 6.45) is 1.89. The lowest BCUT2D eigenvalue weighted by Gasteiger charge is -2.22. The van der Waals surface area contributed by atoms with E-state index in [1.54, 1.807) is 25.1 Å². The minimum atomic E-state index is -0.938. The molecule has 0 spiro atoms. The van der Waals surface area contributed by atoms with Crippen molar-refractivity contribution in [2.45, 2.75) is 12.5 Å². The van der Waals surface area contributed by atoms with Crippen molar-refractivity contribution in [3.63, 3.8) is 0 Å². The molecular weight excluding hydrogens is 321 g/mol. The highest BCUT2D eigenvalue weighted by atomic mass is 35.5. The number of halogens is 2. The Morgan fingerprint density at radius 3 is 2.80 bits per heavy atom. The summed E-state index contributed by atoms with van der Waals surface area (Å²) in [5.74, 6) is 0.608. The first-order chi connectivity index (χ1) is 9.34. The van der Waals surface area contributed by atoms with Gasteiger partial charge in [-0.05, 0) is 31.4 Å². The van der Waals surface area contributed by atoms with Crippen molar-refractivity contribution in [3.8, 4) is 5.75 Å². The number of carbonyl (C=O) groups is 1. The number of rotatable bonds is 7. The minimum Gasteiger partial charge on any atom is -0.482 e. The van der Waals surface area contributed by atoms with Gasteiger partial charge in [-0.2, -0.15) is 11.8 Å². The van der Waals surface area contributed by atoms with Gasteiger partial charge in [-0.3, -0.25) is 4.79 Å². The molecule has 112 valence electrons. The van der Waals surface area contributed by atoms with Crippen LogP contribution in [-0.2, 0) is 4.79 Å². The van der Waals surface area contributed by atoms with Gasteiger partial charge in [-0.1, -0.05) is 23.2 Å². The molecule has 0 heterocycles. The maximum Gasteiger partial charge on any atom is 0.258 e. The predicted molar refractivity (Wildman–Crippen MR) is 84.0 cm³/mol. The van der Waals surface area contributed by atoms with Gasteiger partial charge < -0.3 is 15.2 Å². The zero-order valence-corrected chi connectivity index (χ0v) is 13.6. The zero-order valence-electron chi connectivity index (χ0n) is 11.3. The fourth-order valence-electron chi connectivity index (χ4n) is 1.44. The lowest BCUT2D eigenvalue weighted by atomic mass is 10.1. The number of thioether (sulfide) groups is 1. The van der Waals surface area contributed by atoms with Crippen molar-refractivity contribution in [2.75, 3.05) is 25.2 Å². The topological polar surface area (TPSA) is 58.6 Å². The molecule has 0 bridgehead atoms. The van der Waals surface area contributed by atoms with Gasteiger partial charge >= 0.3 is 0 Å². The summed E-state index contributed by atoms with van der Waals surface area (Å²) >= 11 is 13.2. The van der Waals surface area contributed by atoms with E-state index in [0.717, 1.165) is 0 Å². The Kier molecular flexibility index (Phi) is 6.95. The molecule has 2 N–H and O–H groups in total. The van der Waals surface area contributed by atoms with Crippen molar-refractivity contribution < 1.29 is 14.6 Å². The van der Waals surface area contributed by atoms with Crippen molar-refractivity contribution >= 4 is 40.9 Å². The third kappa shape index (κ3) is 6.22.